The molecule has 1 aliphatic rings. The van der Waals surface area contributed by atoms with Crippen molar-refractivity contribution in [3.05, 3.63) is 11.6 Å². The van der Waals surface area contributed by atoms with Gasteiger partial charge in [0.15, 0.2) is 0 Å². The van der Waals surface area contributed by atoms with Gasteiger partial charge in [-0.3, -0.25) is 0 Å². The van der Waals surface area contributed by atoms with Gasteiger partial charge in [-0.15, -0.1) is 0 Å². The molecule has 0 aromatic rings. The smallest absolute Gasteiger partial charge is 0.330 e. The highest BCUT2D eigenvalue weighted by Gasteiger charge is 2.28. The highest BCUT2D eigenvalue weighted by molar-refractivity contribution is 5.85. The monoisotopic (exact) mass is 199 g/mol. The molecule has 0 spiro atoms. The van der Waals surface area contributed by atoms with Crippen LogP contribution in [0.1, 0.15) is 20.3 Å². The summed E-state index contributed by atoms with van der Waals surface area (Å²) in [4.78, 5) is 10.5. The lowest BCUT2D eigenvalue weighted by Crippen LogP contribution is -2.42. The standard InChI is InChI=1S/C10H17NO3/c1-8(9(12)13)3-5-11-10(2)4-6-14-7-10/h3,11H,4-7H2,1-2H3,(H,12,13). The molecule has 0 aromatic heterocycles. The molecule has 4 heteroatoms. The molecule has 0 saturated carbocycles. The van der Waals surface area contributed by atoms with E-state index in [-0.39, 0.29) is 5.54 Å². The van der Waals surface area contributed by atoms with Crippen molar-refractivity contribution in [1.82, 2.24) is 5.32 Å². The summed E-state index contributed by atoms with van der Waals surface area (Å²) in [6.07, 6.45) is 2.67. The number of carboxylic acids is 1. The number of nitrogens with one attached hydrogen (secondary N) is 1. The van der Waals surface area contributed by atoms with Crippen molar-refractivity contribution in [1.29, 1.82) is 0 Å². The lowest BCUT2D eigenvalue weighted by Gasteiger charge is -2.22. The van der Waals surface area contributed by atoms with Crippen molar-refractivity contribution in [3.8, 4) is 0 Å². The third-order valence-electron chi connectivity index (χ3n) is 2.49. The van der Waals surface area contributed by atoms with Crippen molar-refractivity contribution in [2.45, 2.75) is 25.8 Å². The molecule has 1 atom stereocenters. The fourth-order valence-electron chi connectivity index (χ4n) is 1.34. The van der Waals surface area contributed by atoms with Crippen LogP contribution in [0, 0.1) is 0 Å². The van der Waals surface area contributed by atoms with Crippen molar-refractivity contribution >= 4 is 5.97 Å². The zero-order valence-electron chi connectivity index (χ0n) is 8.67. The minimum absolute atomic E-state index is 0.00921. The Labute approximate surface area is 83.9 Å². The van der Waals surface area contributed by atoms with Gasteiger partial charge in [-0.25, -0.2) is 4.79 Å². The fourth-order valence-corrected chi connectivity index (χ4v) is 1.34. The molecule has 1 unspecified atom stereocenters. The molecule has 1 fully saturated rings. The van der Waals surface area contributed by atoms with E-state index in [1.165, 1.54) is 0 Å². The molecule has 1 saturated heterocycles. The summed E-state index contributed by atoms with van der Waals surface area (Å²) in [5, 5.41) is 11.9. The number of ether oxygens (including phenoxy) is 1. The average molecular weight is 199 g/mol. The first-order valence-electron chi connectivity index (χ1n) is 4.76. The Hall–Kier alpha value is -0.870. The zero-order valence-corrected chi connectivity index (χ0v) is 8.67. The summed E-state index contributed by atoms with van der Waals surface area (Å²) in [6, 6.07) is 0. The van der Waals surface area contributed by atoms with Crippen LogP contribution >= 0.6 is 0 Å². The number of carbonyl (C=O) groups is 1. The lowest BCUT2D eigenvalue weighted by atomic mass is 10.0. The molecule has 0 aromatic carbocycles. The van der Waals surface area contributed by atoms with E-state index in [2.05, 4.69) is 12.2 Å². The first kappa shape index (κ1) is 11.2. The van der Waals surface area contributed by atoms with Crippen LogP contribution in [0.5, 0.6) is 0 Å². The van der Waals surface area contributed by atoms with Gasteiger partial charge in [0.05, 0.1) is 6.61 Å². The van der Waals surface area contributed by atoms with Gasteiger partial charge in [0.2, 0.25) is 0 Å². The Bertz CT molecular complexity index is 242. The SMILES string of the molecule is CC(=CCNC1(C)CCOC1)C(=O)O. The van der Waals surface area contributed by atoms with Gasteiger partial charge in [-0.2, -0.15) is 0 Å². The van der Waals surface area contributed by atoms with E-state index in [0.717, 1.165) is 13.0 Å². The molecule has 0 radical (unpaired) electrons. The molecular formula is C10H17NO3. The Morgan fingerprint density at radius 3 is 2.93 bits per heavy atom. The van der Waals surface area contributed by atoms with E-state index >= 15 is 0 Å². The van der Waals surface area contributed by atoms with Crippen LogP contribution in [0.15, 0.2) is 11.6 Å². The summed E-state index contributed by atoms with van der Waals surface area (Å²) < 4.78 is 5.27. The first-order valence-corrected chi connectivity index (χ1v) is 4.76. The van der Waals surface area contributed by atoms with E-state index in [1.807, 2.05) is 0 Å². The van der Waals surface area contributed by atoms with E-state index in [0.29, 0.717) is 18.7 Å². The maximum Gasteiger partial charge on any atom is 0.330 e. The van der Waals surface area contributed by atoms with Gasteiger partial charge in [0.1, 0.15) is 0 Å². The van der Waals surface area contributed by atoms with Crippen LogP contribution in [-0.2, 0) is 9.53 Å². The average Bonchev–Trinajstić information content (AvgIpc) is 2.52. The maximum atomic E-state index is 10.5. The second kappa shape index (κ2) is 4.57. The summed E-state index contributed by atoms with van der Waals surface area (Å²) in [6.45, 7) is 5.75. The Balaban J connectivity index is 2.33. The lowest BCUT2D eigenvalue weighted by molar-refractivity contribution is -0.132. The van der Waals surface area contributed by atoms with Crippen LogP contribution in [-0.4, -0.2) is 36.4 Å². The maximum absolute atomic E-state index is 10.5. The molecule has 1 aliphatic heterocycles. The molecular weight excluding hydrogens is 182 g/mol. The first-order chi connectivity index (χ1) is 6.53. The molecule has 0 aliphatic carbocycles. The Morgan fingerprint density at radius 1 is 1.71 bits per heavy atom. The summed E-state index contributed by atoms with van der Waals surface area (Å²) >= 11 is 0. The molecule has 0 bridgehead atoms. The predicted octanol–water partition coefficient (Wildman–Crippen LogP) is 0.786. The highest BCUT2D eigenvalue weighted by atomic mass is 16.5. The third kappa shape index (κ3) is 3.12. The van der Waals surface area contributed by atoms with Gasteiger partial charge < -0.3 is 15.2 Å². The molecule has 2 N–H and O–H groups in total. The van der Waals surface area contributed by atoms with Crippen LogP contribution in [0.4, 0.5) is 0 Å². The third-order valence-corrected chi connectivity index (χ3v) is 2.49. The molecule has 1 heterocycles. The van der Waals surface area contributed by atoms with E-state index in [1.54, 1.807) is 13.0 Å². The molecule has 4 nitrogen and oxygen atoms in total. The predicted molar refractivity (Wildman–Crippen MR) is 53.2 cm³/mol. The fraction of sp³-hybridized carbons (Fsp3) is 0.700. The van der Waals surface area contributed by atoms with Crippen LogP contribution in [0.2, 0.25) is 0 Å². The molecule has 0 amide bonds. The highest BCUT2D eigenvalue weighted by Crippen LogP contribution is 2.16. The molecule has 14 heavy (non-hydrogen) atoms. The molecule has 80 valence electrons. The number of rotatable bonds is 4. The summed E-state index contributed by atoms with van der Waals surface area (Å²) in [5.41, 5.74) is 0.384. The number of carboxylic acid groups (broad SMARTS) is 1. The van der Waals surface area contributed by atoms with Crippen molar-refractivity contribution in [2.75, 3.05) is 19.8 Å². The summed E-state index contributed by atoms with van der Waals surface area (Å²) in [5.74, 6) is -0.861. The van der Waals surface area contributed by atoms with Gasteiger partial charge in [-0.05, 0) is 20.3 Å². The largest absolute Gasteiger partial charge is 0.478 e. The minimum atomic E-state index is -0.861. The number of hydrogen-bond donors (Lipinski definition) is 2. The second-order valence-corrected chi connectivity index (χ2v) is 3.94. The minimum Gasteiger partial charge on any atom is -0.478 e. The normalized spacial score (nSPS) is 28.0. The topological polar surface area (TPSA) is 58.6 Å². The van der Waals surface area contributed by atoms with Crippen molar-refractivity contribution < 1.29 is 14.6 Å². The van der Waals surface area contributed by atoms with Crippen LogP contribution in [0.25, 0.3) is 0 Å². The van der Waals surface area contributed by atoms with E-state index in [4.69, 9.17) is 9.84 Å². The van der Waals surface area contributed by atoms with E-state index < -0.39 is 5.97 Å². The van der Waals surface area contributed by atoms with Crippen LogP contribution in [0.3, 0.4) is 0 Å². The van der Waals surface area contributed by atoms with Gasteiger partial charge in [0, 0.05) is 24.3 Å². The molecule has 1 rings (SSSR count). The quantitative estimate of drug-likeness (QED) is 0.657. The van der Waals surface area contributed by atoms with Gasteiger partial charge in [-0.1, -0.05) is 6.08 Å². The zero-order chi connectivity index (χ0) is 10.6. The Morgan fingerprint density at radius 2 is 2.43 bits per heavy atom. The Kier molecular flexibility index (Phi) is 3.66. The van der Waals surface area contributed by atoms with Crippen LogP contribution < -0.4 is 5.32 Å². The second-order valence-electron chi connectivity index (χ2n) is 3.94. The van der Waals surface area contributed by atoms with Gasteiger partial charge >= 0.3 is 5.97 Å². The van der Waals surface area contributed by atoms with E-state index in [9.17, 15) is 4.79 Å². The van der Waals surface area contributed by atoms with Crippen molar-refractivity contribution in [2.24, 2.45) is 0 Å². The number of hydrogen-bond acceptors (Lipinski definition) is 3. The van der Waals surface area contributed by atoms with Crippen molar-refractivity contribution in [3.63, 3.8) is 0 Å². The summed E-state index contributed by atoms with van der Waals surface area (Å²) in [7, 11) is 0. The number of aliphatic carboxylic acids is 1. The van der Waals surface area contributed by atoms with Gasteiger partial charge in [0.25, 0.3) is 0 Å².